The minimum Gasteiger partial charge on any atom is -0.384 e. The first-order valence-corrected chi connectivity index (χ1v) is 6.11. The van der Waals surface area contributed by atoms with Crippen molar-refractivity contribution >= 4 is 35.1 Å². The van der Waals surface area contributed by atoms with Crippen molar-refractivity contribution in [2.45, 2.75) is 0 Å². The van der Waals surface area contributed by atoms with E-state index in [0.29, 0.717) is 11.6 Å². The molecule has 0 aromatic carbocycles. The second-order valence-electron chi connectivity index (χ2n) is 2.82. The first-order valence-electron chi connectivity index (χ1n) is 4.34. The van der Waals surface area contributed by atoms with E-state index >= 15 is 0 Å². The normalized spacial score (nSPS) is 10.0. The molecule has 0 unspecified atom stereocenters. The van der Waals surface area contributed by atoms with Crippen LogP contribution in [0.3, 0.4) is 0 Å². The van der Waals surface area contributed by atoms with Gasteiger partial charge in [-0.1, -0.05) is 11.6 Å². The molecule has 1 rings (SSSR count). The third-order valence-corrected chi connectivity index (χ3v) is 2.59. The number of pyridine rings is 1. The van der Waals surface area contributed by atoms with Gasteiger partial charge in [-0.15, -0.1) is 0 Å². The molecule has 82 valence electrons. The molecule has 0 fully saturated rings. The summed E-state index contributed by atoms with van der Waals surface area (Å²) in [6.45, 7) is 0.590. The van der Waals surface area contributed by atoms with Gasteiger partial charge in [-0.05, 0) is 18.4 Å². The van der Waals surface area contributed by atoms with Crippen LogP contribution in [0.2, 0.25) is 5.02 Å². The minimum atomic E-state index is -0.290. The number of aromatic nitrogens is 1. The molecule has 0 aliphatic heterocycles. The largest absolute Gasteiger partial charge is 0.384 e. The van der Waals surface area contributed by atoms with E-state index in [9.17, 15) is 4.79 Å². The zero-order valence-corrected chi connectivity index (χ0v) is 9.86. The summed E-state index contributed by atoms with van der Waals surface area (Å²) in [5.41, 5.74) is 5.64. The lowest BCUT2D eigenvalue weighted by molar-refractivity contribution is 0.0951. The highest BCUT2D eigenvalue weighted by Gasteiger charge is 2.11. The number of nitrogen functional groups attached to an aromatic ring is 1. The van der Waals surface area contributed by atoms with Gasteiger partial charge < -0.3 is 11.1 Å². The Balaban J connectivity index is 2.68. The van der Waals surface area contributed by atoms with Crippen LogP contribution in [0.4, 0.5) is 5.82 Å². The second-order valence-corrected chi connectivity index (χ2v) is 4.21. The molecular weight excluding hydrogens is 234 g/mol. The van der Waals surface area contributed by atoms with Crippen molar-refractivity contribution in [2.24, 2.45) is 0 Å². The molecule has 1 amide bonds. The standard InChI is InChI=1S/C9H12ClN3OS/c1-15-5-4-12-9(14)8-6(10)2-3-7(11)13-8/h2-3H,4-5H2,1H3,(H2,11,13)(H,12,14). The van der Waals surface area contributed by atoms with Gasteiger partial charge in [0.2, 0.25) is 0 Å². The Morgan fingerprint density at radius 2 is 2.40 bits per heavy atom. The maximum absolute atomic E-state index is 11.6. The summed E-state index contributed by atoms with van der Waals surface area (Å²) in [6.07, 6.45) is 1.97. The number of carbonyl (C=O) groups excluding carboxylic acids is 1. The van der Waals surface area contributed by atoms with E-state index in [0.717, 1.165) is 5.75 Å². The fourth-order valence-electron chi connectivity index (χ4n) is 0.967. The van der Waals surface area contributed by atoms with Gasteiger partial charge in [0.1, 0.15) is 11.5 Å². The number of nitrogens with two attached hydrogens (primary N) is 1. The third kappa shape index (κ3) is 3.60. The molecule has 0 bridgehead atoms. The van der Waals surface area contributed by atoms with Crippen LogP contribution in [0.1, 0.15) is 10.5 Å². The molecular formula is C9H12ClN3OS. The molecule has 0 spiro atoms. The molecule has 1 heterocycles. The Hall–Kier alpha value is -0.940. The van der Waals surface area contributed by atoms with Crippen molar-refractivity contribution in [3.05, 3.63) is 22.8 Å². The Labute approximate surface area is 97.6 Å². The van der Waals surface area contributed by atoms with Gasteiger partial charge in [0.15, 0.2) is 0 Å². The summed E-state index contributed by atoms with van der Waals surface area (Å²) in [7, 11) is 0. The van der Waals surface area contributed by atoms with Crippen LogP contribution in [-0.2, 0) is 0 Å². The maximum atomic E-state index is 11.6. The number of halogens is 1. The van der Waals surface area contributed by atoms with Crippen molar-refractivity contribution < 1.29 is 4.79 Å². The quantitative estimate of drug-likeness (QED) is 0.787. The average Bonchev–Trinajstić information content (AvgIpc) is 2.22. The van der Waals surface area contributed by atoms with Gasteiger partial charge in [-0.3, -0.25) is 4.79 Å². The summed E-state index contributed by atoms with van der Waals surface area (Å²) in [6, 6.07) is 3.12. The number of amides is 1. The summed E-state index contributed by atoms with van der Waals surface area (Å²) < 4.78 is 0. The smallest absolute Gasteiger partial charge is 0.271 e. The highest BCUT2D eigenvalue weighted by molar-refractivity contribution is 7.98. The van der Waals surface area contributed by atoms with Crippen LogP contribution < -0.4 is 11.1 Å². The molecule has 3 N–H and O–H groups in total. The Morgan fingerprint density at radius 3 is 3.07 bits per heavy atom. The number of anilines is 1. The monoisotopic (exact) mass is 245 g/mol. The lowest BCUT2D eigenvalue weighted by atomic mass is 10.3. The number of carbonyl (C=O) groups is 1. The topological polar surface area (TPSA) is 68.0 Å². The fraction of sp³-hybridized carbons (Fsp3) is 0.333. The third-order valence-electron chi connectivity index (χ3n) is 1.67. The average molecular weight is 246 g/mol. The van der Waals surface area contributed by atoms with E-state index in [2.05, 4.69) is 10.3 Å². The van der Waals surface area contributed by atoms with Crippen LogP contribution in [-0.4, -0.2) is 29.4 Å². The molecule has 0 saturated heterocycles. The molecule has 0 radical (unpaired) electrons. The van der Waals surface area contributed by atoms with E-state index in [1.165, 1.54) is 0 Å². The Bertz CT molecular complexity index is 359. The van der Waals surface area contributed by atoms with Gasteiger partial charge in [0, 0.05) is 12.3 Å². The number of rotatable bonds is 4. The number of thioether (sulfide) groups is 1. The number of hydrogen-bond donors (Lipinski definition) is 2. The highest BCUT2D eigenvalue weighted by Crippen LogP contribution is 2.14. The van der Waals surface area contributed by atoms with Crippen molar-refractivity contribution in [1.29, 1.82) is 0 Å². The van der Waals surface area contributed by atoms with E-state index < -0.39 is 0 Å². The molecule has 0 aliphatic rings. The predicted molar refractivity (Wildman–Crippen MR) is 64.4 cm³/mol. The van der Waals surface area contributed by atoms with Crippen molar-refractivity contribution in [3.63, 3.8) is 0 Å². The molecule has 4 nitrogen and oxygen atoms in total. The fourth-order valence-corrected chi connectivity index (χ4v) is 1.46. The van der Waals surface area contributed by atoms with Crippen LogP contribution in [0, 0.1) is 0 Å². The lowest BCUT2D eigenvalue weighted by Gasteiger charge is -2.05. The number of nitrogens with one attached hydrogen (secondary N) is 1. The van der Waals surface area contributed by atoms with Gasteiger partial charge in [0.05, 0.1) is 5.02 Å². The van der Waals surface area contributed by atoms with E-state index in [1.807, 2.05) is 6.26 Å². The SMILES string of the molecule is CSCCNC(=O)c1nc(N)ccc1Cl. The van der Waals surface area contributed by atoms with E-state index in [4.69, 9.17) is 17.3 Å². The molecule has 1 aromatic heterocycles. The van der Waals surface area contributed by atoms with Crippen molar-refractivity contribution in [2.75, 3.05) is 24.3 Å². The summed E-state index contributed by atoms with van der Waals surface area (Å²) in [5.74, 6) is 0.849. The first kappa shape index (κ1) is 12.1. The molecule has 0 saturated carbocycles. The molecule has 0 atom stereocenters. The van der Waals surface area contributed by atoms with Gasteiger partial charge in [-0.2, -0.15) is 11.8 Å². The van der Waals surface area contributed by atoms with Crippen LogP contribution >= 0.6 is 23.4 Å². The van der Waals surface area contributed by atoms with Gasteiger partial charge in [-0.25, -0.2) is 4.98 Å². The Kier molecular flexibility index (Phi) is 4.71. The van der Waals surface area contributed by atoms with Gasteiger partial charge >= 0.3 is 0 Å². The van der Waals surface area contributed by atoms with E-state index in [1.54, 1.807) is 23.9 Å². The molecule has 15 heavy (non-hydrogen) atoms. The van der Waals surface area contributed by atoms with Gasteiger partial charge in [0.25, 0.3) is 5.91 Å². The predicted octanol–water partition coefficient (Wildman–Crippen LogP) is 1.41. The lowest BCUT2D eigenvalue weighted by Crippen LogP contribution is -2.27. The number of nitrogens with zero attached hydrogens (tertiary/aromatic N) is 1. The zero-order chi connectivity index (χ0) is 11.3. The van der Waals surface area contributed by atoms with Crippen molar-refractivity contribution in [1.82, 2.24) is 10.3 Å². The molecule has 1 aromatic rings. The zero-order valence-electron chi connectivity index (χ0n) is 8.29. The summed E-state index contributed by atoms with van der Waals surface area (Å²) in [4.78, 5) is 15.4. The highest BCUT2D eigenvalue weighted by atomic mass is 35.5. The first-order chi connectivity index (χ1) is 7.15. The van der Waals surface area contributed by atoms with E-state index in [-0.39, 0.29) is 17.4 Å². The maximum Gasteiger partial charge on any atom is 0.271 e. The van der Waals surface area contributed by atoms with Crippen molar-refractivity contribution in [3.8, 4) is 0 Å². The Morgan fingerprint density at radius 1 is 1.67 bits per heavy atom. The summed E-state index contributed by atoms with van der Waals surface area (Å²) >= 11 is 7.47. The molecule has 0 aliphatic carbocycles. The van der Waals surface area contributed by atoms with Crippen LogP contribution in [0.5, 0.6) is 0 Å². The van der Waals surface area contributed by atoms with Crippen LogP contribution in [0.25, 0.3) is 0 Å². The summed E-state index contributed by atoms with van der Waals surface area (Å²) in [5, 5.41) is 3.02. The molecule has 6 heteroatoms. The number of hydrogen-bond acceptors (Lipinski definition) is 4. The van der Waals surface area contributed by atoms with Crippen LogP contribution in [0.15, 0.2) is 12.1 Å². The minimum absolute atomic E-state index is 0.178. The second kappa shape index (κ2) is 5.82.